The van der Waals surface area contributed by atoms with Crippen LogP contribution >= 0.6 is 22.9 Å². The summed E-state index contributed by atoms with van der Waals surface area (Å²) in [4.78, 5) is 41.4. The lowest BCUT2D eigenvalue weighted by atomic mass is 9.93. The highest BCUT2D eigenvalue weighted by atomic mass is 35.5. The molecule has 2 aromatic carbocycles. The first-order chi connectivity index (χ1) is 30.6. The molecule has 2 amide bonds. The van der Waals surface area contributed by atoms with Gasteiger partial charge in [0, 0.05) is 60.7 Å². The van der Waals surface area contributed by atoms with E-state index in [1.807, 2.05) is 17.9 Å². The second kappa shape index (κ2) is 18.1. The maximum atomic E-state index is 13.4. The molecule has 1 atom stereocenters. The van der Waals surface area contributed by atoms with Crippen molar-refractivity contribution in [3.05, 3.63) is 128 Å². The van der Waals surface area contributed by atoms with Gasteiger partial charge in [0.05, 0.1) is 35.0 Å². The number of aliphatic imine (C=N–C) groups is 1. The zero-order valence-corrected chi connectivity index (χ0v) is 36.8. The molecule has 63 heavy (non-hydrogen) atoms. The number of carbonyl (C=O) groups excluding carboxylic acids is 2. The summed E-state index contributed by atoms with van der Waals surface area (Å²) in [6.45, 7) is 8.65. The fraction of sp³-hybridized carbons (Fsp3) is 0.370. The minimum Gasteiger partial charge on any atom is -0.490 e. The lowest BCUT2D eigenvalue weighted by Crippen LogP contribution is -2.49. The van der Waals surface area contributed by atoms with E-state index in [1.165, 1.54) is 10.4 Å². The molecule has 0 unspecified atom stereocenters. The third-order valence-electron chi connectivity index (χ3n) is 12.2. The first-order valence-corrected chi connectivity index (χ1v) is 22.4. The monoisotopic (exact) mass is 883 g/mol. The minimum absolute atomic E-state index is 0.00946. The molecule has 1 aliphatic carbocycles. The van der Waals surface area contributed by atoms with Crippen molar-refractivity contribution in [2.75, 3.05) is 31.1 Å². The van der Waals surface area contributed by atoms with E-state index in [9.17, 15) is 9.59 Å². The molecule has 9 rings (SSSR count). The number of nitrogens with zero attached hydrogens (tertiary/aromatic N) is 10. The smallest absolute Gasteiger partial charge is 0.272 e. The molecule has 4 aromatic heterocycles. The van der Waals surface area contributed by atoms with Crippen molar-refractivity contribution in [2.45, 2.75) is 83.9 Å². The molecule has 17 heteroatoms. The molecule has 3 aliphatic rings. The van der Waals surface area contributed by atoms with E-state index in [4.69, 9.17) is 31.0 Å². The van der Waals surface area contributed by atoms with Crippen molar-refractivity contribution in [1.29, 1.82) is 5.26 Å². The summed E-state index contributed by atoms with van der Waals surface area (Å²) in [5.74, 6) is 3.33. The molecule has 15 nitrogen and oxygen atoms in total. The van der Waals surface area contributed by atoms with Gasteiger partial charge in [-0.3, -0.25) is 19.1 Å². The Morgan fingerprint density at radius 3 is 2.46 bits per heavy atom. The minimum atomic E-state index is -0.345. The average Bonchev–Trinajstić information content (AvgIpc) is 4.01. The number of nitrogens with one attached hydrogen (secondary N) is 1. The van der Waals surface area contributed by atoms with E-state index in [0.29, 0.717) is 73.5 Å². The van der Waals surface area contributed by atoms with Crippen molar-refractivity contribution in [3.8, 4) is 16.8 Å². The number of aryl methyl sites for hydroxylation is 3. The summed E-state index contributed by atoms with van der Waals surface area (Å²) in [5.41, 5.74) is 5.90. The van der Waals surface area contributed by atoms with Gasteiger partial charge in [-0.25, -0.2) is 4.98 Å². The van der Waals surface area contributed by atoms with Crippen LogP contribution in [0.1, 0.15) is 98.9 Å². The Bertz CT molecular complexity index is 2690. The summed E-state index contributed by atoms with van der Waals surface area (Å²) in [5, 5.41) is 31.3. The van der Waals surface area contributed by atoms with Crippen molar-refractivity contribution in [1.82, 2.24) is 40.2 Å². The van der Waals surface area contributed by atoms with Crippen LogP contribution in [0, 0.1) is 32.1 Å². The van der Waals surface area contributed by atoms with E-state index in [2.05, 4.69) is 84.3 Å². The number of benzene rings is 2. The van der Waals surface area contributed by atoms with Crippen LogP contribution in [0.15, 0.2) is 76.5 Å². The summed E-state index contributed by atoms with van der Waals surface area (Å²) in [6, 6.07) is 18.7. The molecule has 0 bridgehead atoms. The Labute approximate surface area is 373 Å². The number of anilines is 1. The Hall–Kier alpha value is -6.44. The maximum Gasteiger partial charge on any atom is 0.272 e. The molecule has 0 spiro atoms. The van der Waals surface area contributed by atoms with E-state index in [0.717, 1.165) is 64.7 Å². The molecule has 0 radical (unpaired) electrons. The van der Waals surface area contributed by atoms with Crippen LogP contribution in [0.25, 0.3) is 5.00 Å². The van der Waals surface area contributed by atoms with Gasteiger partial charge in [0.1, 0.15) is 34.9 Å². The second-order valence-electron chi connectivity index (χ2n) is 16.2. The van der Waals surface area contributed by atoms with E-state index < -0.39 is 0 Å². The van der Waals surface area contributed by atoms with Crippen LogP contribution in [0.2, 0.25) is 5.02 Å². The SMILES string of the molecule is Cc1sc2c(c1C)C(c1ccc(CCC(=O)N3CCN(c4ccc(C(=O)N[C@H]5CC[C@H](Oc6ccc(C#N)c(Cl)c6)CC5)nn4)CC3)cc1)=N[C@@H](Cc1ncco1)c1nnc(C)n1-2. The number of fused-ring (bicyclic) bond motifs is 3. The summed E-state index contributed by atoms with van der Waals surface area (Å²) in [6.07, 6.45) is 7.81. The van der Waals surface area contributed by atoms with Crippen LogP contribution in [0.5, 0.6) is 5.75 Å². The Morgan fingerprint density at radius 2 is 1.76 bits per heavy atom. The summed E-state index contributed by atoms with van der Waals surface area (Å²) >= 11 is 7.88. The molecular weight excluding hydrogens is 838 g/mol. The highest BCUT2D eigenvalue weighted by Gasteiger charge is 2.32. The molecule has 322 valence electrons. The van der Waals surface area contributed by atoms with Crippen LogP contribution < -0.4 is 15.0 Å². The number of nitriles is 1. The largest absolute Gasteiger partial charge is 0.490 e. The molecule has 2 fully saturated rings. The van der Waals surface area contributed by atoms with Crippen molar-refractivity contribution >= 4 is 46.3 Å². The van der Waals surface area contributed by atoms with Gasteiger partial charge >= 0.3 is 0 Å². The van der Waals surface area contributed by atoms with Gasteiger partial charge in [-0.15, -0.1) is 31.7 Å². The summed E-state index contributed by atoms with van der Waals surface area (Å²) in [7, 11) is 0. The maximum absolute atomic E-state index is 13.4. The summed E-state index contributed by atoms with van der Waals surface area (Å²) < 4.78 is 13.8. The third kappa shape index (κ3) is 8.93. The predicted octanol–water partition coefficient (Wildman–Crippen LogP) is 7.09. The number of ether oxygens (including phenoxy) is 1. The van der Waals surface area contributed by atoms with Crippen LogP contribution in [-0.2, 0) is 17.6 Å². The number of piperazine rings is 1. The van der Waals surface area contributed by atoms with Gasteiger partial charge in [-0.05, 0) is 88.3 Å². The molecule has 6 aromatic rings. The number of aromatic nitrogens is 6. The highest BCUT2D eigenvalue weighted by molar-refractivity contribution is 7.15. The number of oxazole rings is 1. The molecule has 2 aliphatic heterocycles. The molecule has 1 saturated carbocycles. The fourth-order valence-corrected chi connectivity index (χ4v) is 9.95. The molecule has 1 N–H and O–H groups in total. The van der Waals surface area contributed by atoms with Gasteiger partial charge in [-0.1, -0.05) is 35.9 Å². The Morgan fingerprint density at radius 1 is 0.968 bits per heavy atom. The normalized spacial score (nSPS) is 18.5. The number of halogens is 1. The predicted molar refractivity (Wildman–Crippen MR) is 238 cm³/mol. The standard InChI is InChI=1S/C46H46ClN11O4S/c1-27-28(2)63-46-42(27)43(51-38(25-40-49-18-23-61-40)44-55-52-29(3)58(44)46)31-7-4-30(5-8-31)6-17-41(59)57-21-19-56(20-22-57)39-16-15-37(53-54-39)45(60)50-33-10-13-34(14-11-33)62-35-12-9-32(26-48)36(47)24-35/h4-5,7-9,12,15-16,18,23-24,33-34,38H,6,10-11,13-14,17,19-22,25H2,1-3H3,(H,50,60)/t33-,34-,38-/m0/s1. The van der Waals surface area contributed by atoms with Gasteiger partial charge in [0.25, 0.3) is 5.91 Å². The van der Waals surface area contributed by atoms with E-state index in [-0.39, 0.29) is 35.7 Å². The van der Waals surface area contributed by atoms with Gasteiger partial charge in [-0.2, -0.15) is 5.26 Å². The van der Waals surface area contributed by atoms with Crippen molar-refractivity contribution in [3.63, 3.8) is 0 Å². The quantitative estimate of drug-likeness (QED) is 0.140. The molecular formula is C46H46ClN11O4S. The fourth-order valence-electron chi connectivity index (χ4n) is 8.52. The lowest BCUT2D eigenvalue weighted by Gasteiger charge is -2.35. The number of amides is 2. The third-order valence-corrected chi connectivity index (χ3v) is 13.7. The van der Waals surface area contributed by atoms with Gasteiger partial charge in [0.2, 0.25) is 5.91 Å². The first-order valence-electron chi connectivity index (χ1n) is 21.2. The van der Waals surface area contributed by atoms with Crippen molar-refractivity contribution in [2.24, 2.45) is 4.99 Å². The zero-order valence-electron chi connectivity index (χ0n) is 35.3. The molecule has 1 saturated heterocycles. The lowest BCUT2D eigenvalue weighted by molar-refractivity contribution is -0.131. The number of hydrogen-bond acceptors (Lipinski definition) is 13. The van der Waals surface area contributed by atoms with Gasteiger partial charge < -0.3 is 24.3 Å². The van der Waals surface area contributed by atoms with Crippen molar-refractivity contribution < 1.29 is 18.7 Å². The van der Waals surface area contributed by atoms with E-state index in [1.54, 1.807) is 48.1 Å². The number of hydrogen-bond donors (Lipinski definition) is 1. The molecule has 6 heterocycles. The van der Waals surface area contributed by atoms with Crippen LogP contribution in [0.3, 0.4) is 0 Å². The average molecular weight is 884 g/mol. The van der Waals surface area contributed by atoms with Crippen LogP contribution in [-0.4, -0.2) is 90.7 Å². The highest BCUT2D eigenvalue weighted by Crippen LogP contribution is 2.39. The first kappa shape index (κ1) is 41.9. The van der Waals surface area contributed by atoms with Gasteiger partial charge in [0.15, 0.2) is 23.2 Å². The van der Waals surface area contributed by atoms with Crippen LogP contribution in [0.4, 0.5) is 5.82 Å². The Balaban J connectivity index is 0.758. The number of rotatable bonds is 11. The topological polar surface area (TPSA) is 181 Å². The zero-order chi connectivity index (χ0) is 43.6. The Kier molecular flexibility index (Phi) is 12.0. The van der Waals surface area contributed by atoms with E-state index >= 15 is 0 Å². The number of carbonyl (C=O) groups is 2. The second-order valence-corrected chi connectivity index (χ2v) is 17.8. The number of thiophene rings is 1.